The highest BCUT2D eigenvalue weighted by molar-refractivity contribution is 6.07. The highest BCUT2D eigenvalue weighted by Crippen LogP contribution is 2.29. The molecule has 0 atom stereocenters. The summed E-state index contributed by atoms with van der Waals surface area (Å²) >= 11 is 0. The second kappa shape index (κ2) is 5.02. The molecule has 2 aromatic rings. The average Bonchev–Trinajstić information content (AvgIpc) is 2.37. The largest absolute Gasteiger partial charge is 0.504 e. The van der Waals surface area contributed by atoms with Crippen LogP contribution in [0.4, 0.5) is 5.69 Å². The van der Waals surface area contributed by atoms with E-state index in [4.69, 9.17) is 0 Å². The van der Waals surface area contributed by atoms with Crippen LogP contribution in [0.15, 0.2) is 36.4 Å². The average molecular weight is 257 g/mol. The van der Waals surface area contributed by atoms with E-state index in [1.54, 1.807) is 0 Å². The summed E-state index contributed by atoms with van der Waals surface area (Å²) in [6.45, 7) is 3.79. The van der Waals surface area contributed by atoms with Gasteiger partial charge in [-0.2, -0.15) is 0 Å². The lowest BCUT2D eigenvalue weighted by molar-refractivity contribution is 0.102. The van der Waals surface area contributed by atoms with Gasteiger partial charge in [0.15, 0.2) is 11.5 Å². The van der Waals surface area contributed by atoms with Crippen LogP contribution in [-0.4, -0.2) is 16.1 Å². The van der Waals surface area contributed by atoms with Crippen LogP contribution in [0.25, 0.3) is 0 Å². The summed E-state index contributed by atoms with van der Waals surface area (Å²) < 4.78 is 0. The third kappa shape index (κ3) is 2.52. The molecule has 2 rings (SSSR count). The standard InChI is InChI=1S/C15H15NO3/c1-9-5-3-6-10(2)13(9)16-15(19)11-7-4-8-12(17)14(11)18/h3-8,17-18H,1-2H3,(H,16,19). The number of anilines is 1. The minimum Gasteiger partial charge on any atom is -0.504 e. The van der Waals surface area contributed by atoms with Crippen LogP contribution in [0.2, 0.25) is 0 Å². The molecule has 0 aliphatic carbocycles. The molecule has 0 spiro atoms. The maximum absolute atomic E-state index is 12.1. The molecule has 19 heavy (non-hydrogen) atoms. The number of carbonyl (C=O) groups excluding carboxylic acids is 1. The molecule has 98 valence electrons. The molecular formula is C15H15NO3. The quantitative estimate of drug-likeness (QED) is 0.724. The lowest BCUT2D eigenvalue weighted by Crippen LogP contribution is -2.13. The van der Waals surface area contributed by atoms with E-state index < -0.39 is 11.7 Å². The van der Waals surface area contributed by atoms with Gasteiger partial charge >= 0.3 is 0 Å². The minimum absolute atomic E-state index is 0.0441. The zero-order valence-electron chi connectivity index (χ0n) is 10.8. The molecule has 0 saturated heterocycles. The molecule has 0 fully saturated rings. The predicted octanol–water partition coefficient (Wildman–Crippen LogP) is 2.97. The summed E-state index contributed by atoms with van der Waals surface area (Å²) in [5, 5.41) is 21.8. The number of benzene rings is 2. The maximum Gasteiger partial charge on any atom is 0.259 e. The molecule has 3 N–H and O–H groups in total. The first-order valence-corrected chi connectivity index (χ1v) is 5.89. The van der Waals surface area contributed by atoms with Crippen molar-refractivity contribution < 1.29 is 15.0 Å². The first-order valence-electron chi connectivity index (χ1n) is 5.89. The Morgan fingerprint density at radius 3 is 2.21 bits per heavy atom. The van der Waals surface area contributed by atoms with Gasteiger partial charge < -0.3 is 15.5 Å². The number of aryl methyl sites for hydroxylation is 2. The normalized spacial score (nSPS) is 10.2. The van der Waals surface area contributed by atoms with E-state index >= 15 is 0 Å². The summed E-state index contributed by atoms with van der Waals surface area (Å²) in [6, 6.07) is 9.99. The summed E-state index contributed by atoms with van der Waals surface area (Å²) in [5.74, 6) is -1.17. The topological polar surface area (TPSA) is 69.6 Å². The van der Waals surface area contributed by atoms with E-state index in [9.17, 15) is 15.0 Å². The fourth-order valence-corrected chi connectivity index (χ4v) is 1.91. The van der Waals surface area contributed by atoms with Gasteiger partial charge in [-0.25, -0.2) is 0 Å². The number of phenols is 2. The molecule has 1 amide bonds. The van der Waals surface area contributed by atoms with Gasteiger partial charge in [-0.15, -0.1) is 0 Å². The van der Waals surface area contributed by atoms with E-state index in [0.717, 1.165) is 16.8 Å². The van der Waals surface area contributed by atoms with Crippen LogP contribution < -0.4 is 5.32 Å². The molecule has 0 aromatic heterocycles. The number of rotatable bonds is 2. The lowest BCUT2D eigenvalue weighted by atomic mass is 10.1. The van der Waals surface area contributed by atoms with Crippen LogP contribution in [0.5, 0.6) is 11.5 Å². The summed E-state index contributed by atoms with van der Waals surface area (Å²) in [4.78, 5) is 12.1. The number of hydrogen-bond acceptors (Lipinski definition) is 3. The Hall–Kier alpha value is -2.49. The molecule has 0 radical (unpaired) electrons. The van der Waals surface area contributed by atoms with Crippen LogP contribution in [0.1, 0.15) is 21.5 Å². The van der Waals surface area contributed by atoms with Gasteiger partial charge in [-0.3, -0.25) is 4.79 Å². The number of aromatic hydroxyl groups is 2. The first-order chi connectivity index (χ1) is 9.00. The third-order valence-corrected chi connectivity index (χ3v) is 2.98. The predicted molar refractivity (Wildman–Crippen MR) is 73.6 cm³/mol. The Kier molecular flexibility index (Phi) is 3.42. The van der Waals surface area contributed by atoms with Crippen LogP contribution in [0.3, 0.4) is 0 Å². The highest BCUT2D eigenvalue weighted by Gasteiger charge is 2.15. The molecule has 0 aliphatic rings. The van der Waals surface area contributed by atoms with E-state index in [1.807, 2.05) is 32.0 Å². The fraction of sp³-hybridized carbons (Fsp3) is 0.133. The molecule has 4 nitrogen and oxygen atoms in total. The number of para-hydroxylation sites is 2. The minimum atomic E-state index is -0.453. The van der Waals surface area contributed by atoms with Crippen molar-refractivity contribution in [3.63, 3.8) is 0 Å². The highest BCUT2D eigenvalue weighted by atomic mass is 16.3. The Morgan fingerprint density at radius 2 is 1.58 bits per heavy atom. The molecule has 0 aliphatic heterocycles. The van der Waals surface area contributed by atoms with Crippen molar-refractivity contribution in [2.24, 2.45) is 0 Å². The summed E-state index contributed by atoms with van der Waals surface area (Å²) in [5.41, 5.74) is 2.64. The van der Waals surface area contributed by atoms with Gasteiger partial charge in [0.1, 0.15) is 0 Å². The van der Waals surface area contributed by atoms with E-state index in [-0.39, 0.29) is 11.3 Å². The van der Waals surface area contributed by atoms with Gasteiger partial charge in [0.2, 0.25) is 0 Å². The smallest absolute Gasteiger partial charge is 0.259 e. The lowest BCUT2D eigenvalue weighted by Gasteiger charge is -2.12. The number of nitrogens with one attached hydrogen (secondary N) is 1. The summed E-state index contributed by atoms with van der Waals surface area (Å²) in [7, 11) is 0. The molecule has 0 saturated carbocycles. The van der Waals surface area contributed by atoms with Crippen LogP contribution >= 0.6 is 0 Å². The maximum atomic E-state index is 12.1. The second-order valence-electron chi connectivity index (χ2n) is 4.39. The monoisotopic (exact) mass is 257 g/mol. The zero-order valence-corrected chi connectivity index (χ0v) is 10.8. The van der Waals surface area contributed by atoms with Gasteiger partial charge in [-0.1, -0.05) is 24.3 Å². The molecule has 2 aromatic carbocycles. The van der Waals surface area contributed by atoms with Gasteiger partial charge in [0.25, 0.3) is 5.91 Å². The van der Waals surface area contributed by atoms with E-state index in [2.05, 4.69) is 5.32 Å². The fourth-order valence-electron chi connectivity index (χ4n) is 1.91. The third-order valence-electron chi connectivity index (χ3n) is 2.98. The van der Waals surface area contributed by atoms with Crippen molar-refractivity contribution in [1.29, 1.82) is 0 Å². The Balaban J connectivity index is 2.34. The first kappa shape index (κ1) is 13.0. The summed E-state index contributed by atoms with van der Waals surface area (Å²) in [6.07, 6.45) is 0. The van der Waals surface area contributed by atoms with Crippen molar-refractivity contribution >= 4 is 11.6 Å². The van der Waals surface area contributed by atoms with E-state index in [1.165, 1.54) is 18.2 Å². The molecule has 0 heterocycles. The zero-order chi connectivity index (χ0) is 14.0. The number of hydrogen-bond donors (Lipinski definition) is 3. The van der Waals surface area contributed by atoms with Crippen LogP contribution in [-0.2, 0) is 0 Å². The van der Waals surface area contributed by atoms with Gasteiger partial charge in [0.05, 0.1) is 5.56 Å². The molecule has 0 bridgehead atoms. The number of carbonyl (C=O) groups is 1. The second-order valence-corrected chi connectivity index (χ2v) is 4.39. The van der Waals surface area contributed by atoms with Crippen LogP contribution in [0, 0.1) is 13.8 Å². The van der Waals surface area contributed by atoms with Crippen molar-refractivity contribution in [1.82, 2.24) is 0 Å². The molecular weight excluding hydrogens is 242 g/mol. The van der Waals surface area contributed by atoms with Crippen molar-refractivity contribution in [3.05, 3.63) is 53.1 Å². The SMILES string of the molecule is Cc1cccc(C)c1NC(=O)c1cccc(O)c1O. The van der Waals surface area contributed by atoms with Gasteiger partial charge in [-0.05, 0) is 37.1 Å². The Morgan fingerprint density at radius 1 is 1.00 bits per heavy atom. The van der Waals surface area contributed by atoms with Crippen molar-refractivity contribution in [2.75, 3.05) is 5.32 Å². The number of phenolic OH excluding ortho intramolecular Hbond substituents is 2. The molecule has 4 heteroatoms. The van der Waals surface area contributed by atoms with Gasteiger partial charge in [0, 0.05) is 5.69 Å². The Labute approximate surface area is 111 Å². The van der Waals surface area contributed by atoms with Crippen molar-refractivity contribution in [3.8, 4) is 11.5 Å². The Bertz CT molecular complexity index is 615. The number of amides is 1. The van der Waals surface area contributed by atoms with Crippen molar-refractivity contribution in [2.45, 2.75) is 13.8 Å². The molecule has 0 unspecified atom stereocenters. The van der Waals surface area contributed by atoms with E-state index in [0.29, 0.717) is 0 Å².